The number of methoxy groups -OCH3 is 1. The van der Waals surface area contributed by atoms with E-state index in [-0.39, 0.29) is 0 Å². The van der Waals surface area contributed by atoms with Crippen molar-refractivity contribution in [2.75, 3.05) is 20.7 Å². The van der Waals surface area contributed by atoms with Crippen molar-refractivity contribution >= 4 is 0 Å². The Kier molecular flexibility index (Phi) is 3.18. The molecule has 1 aromatic rings. The first-order valence-corrected chi connectivity index (χ1v) is 5.28. The summed E-state index contributed by atoms with van der Waals surface area (Å²) in [6.07, 6.45) is 6.06. The Hall–Kier alpha value is -1.13. The maximum Gasteiger partial charge on any atom is 0.137 e. The first kappa shape index (κ1) is 10.4. The molecule has 82 valence electrons. The molecule has 1 aliphatic heterocycles. The lowest BCUT2D eigenvalue weighted by molar-refractivity contribution is 0.190. The summed E-state index contributed by atoms with van der Waals surface area (Å²) >= 11 is 0. The third-order valence-corrected chi connectivity index (χ3v) is 2.89. The molecule has 0 aliphatic carbocycles. The van der Waals surface area contributed by atoms with Gasteiger partial charge in [0.25, 0.3) is 0 Å². The Morgan fingerprint density at radius 1 is 1.53 bits per heavy atom. The van der Waals surface area contributed by atoms with Gasteiger partial charge >= 0.3 is 0 Å². The van der Waals surface area contributed by atoms with Crippen LogP contribution in [0.15, 0.2) is 18.5 Å². The van der Waals surface area contributed by atoms with Crippen LogP contribution in [0.3, 0.4) is 0 Å². The van der Waals surface area contributed by atoms with E-state index in [1.54, 1.807) is 13.3 Å². The van der Waals surface area contributed by atoms with Crippen molar-refractivity contribution in [1.82, 2.24) is 15.4 Å². The lowest BCUT2D eigenvalue weighted by Gasteiger charge is -2.23. The van der Waals surface area contributed by atoms with Crippen LogP contribution in [-0.2, 0) is 0 Å². The van der Waals surface area contributed by atoms with Crippen LogP contribution in [0.25, 0.3) is 0 Å². The largest absolute Gasteiger partial charge is 0.495 e. The Morgan fingerprint density at radius 2 is 2.40 bits per heavy atom. The van der Waals surface area contributed by atoms with Crippen molar-refractivity contribution in [3.8, 4) is 5.75 Å². The summed E-state index contributed by atoms with van der Waals surface area (Å²) in [5, 5.41) is 2.25. The number of hydrazine groups is 1. The fraction of sp³-hybridized carbons (Fsp3) is 0.545. The summed E-state index contributed by atoms with van der Waals surface area (Å²) in [6, 6.07) is 2.49. The number of hydrogen-bond donors (Lipinski definition) is 1. The molecule has 0 saturated carbocycles. The quantitative estimate of drug-likeness (QED) is 0.812. The zero-order valence-electron chi connectivity index (χ0n) is 9.23. The number of nitrogens with zero attached hydrogens (tertiary/aromatic N) is 2. The van der Waals surface area contributed by atoms with Crippen LogP contribution in [-0.4, -0.2) is 30.7 Å². The monoisotopic (exact) mass is 207 g/mol. The van der Waals surface area contributed by atoms with Gasteiger partial charge in [-0.15, -0.1) is 0 Å². The van der Waals surface area contributed by atoms with Gasteiger partial charge in [0, 0.05) is 12.7 Å². The molecule has 2 heterocycles. The zero-order chi connectivity index (χ0) is 10.7. The van der Waals surface area contributed by atoms with Crippen LogP contribution in [0.2, 0.25) is 0 Å². The molecule has 0 amide bonds. The van der Waals surface area contributed by atoms with Crippen molar-refractivity contribution in [3.05, 3.63) is 24.0 Å². The van der Waals surface area contributed by atoms with E-state index >= 15 is 0 Å². The molecule has 1 atom stereocenters. The van der Waals surface area contributed by atoms with E-state index < -0.39 is 0 Å². The van der Waals surface area contributed by atoms with Crippen LogP contribution in [0.1, 0.15) is 24.4 Å². The highest BCUT2D eigenvalue weighted by Crippen LogP contribution is 2.30. The van der Waals surface area contributed by atoms with Gasteiger partial charge in [-0.25, -0.2) is 5.01 Å². The molecule has 4 nitrogen and oxygen atoms in total. The molecule has 1 unspecified atom stereocenters. The molecular formula is C11H17N3O. The molecule has 2 rings (SSSR count). The Balaban J connectivity index is 2.20. The van der Waals surface area contributed by atoms with Gasteiger partial charge in [0.2, 0.25) is 0 Å². The minimum Gasteiger partial charge on any atom is -0.495 e. The fourth-order valence-electron chi connectivity index (χ4n) is 2.11. The third kappa shape index (κ3) is 2.11. The van der Waals surface area contributed by atoms with E-state index in [2.05, 4.69) is 21.5 Å². The summed E-state index contributed by atoms with van der Waals surface area (Å²) in [7, 11) is 3.64. The van der Waals surface area contributed by atoms with Crippen LogP contribution >= 0.6 is 0 Å². The van der Waals surface area contributed by atoms with Crippen LogP contribution < -0.4 is 10.2 Å². The van der Waals surface area contributed by atoms with Gasteiger partial charge in [-0.05, 0) is 31.5 Å². The van der Waals surface area contributed by atoms with Crippen molar-refractivity contribution in [1.29, 1.82) is 0 Å². The Morgan fingerprint density at radius 3 is 3.13 bits per heavy atom. The number of rotatable bonds is 3. The normalized spacial score (nSPS) is 21.9. The number of aromatic nitrogens is 1. The molecule has 1 aromatic heterocycles. The van der Waals surface area contributed by atoms with Gasteiger partial charge in [0.15, 0.2) is 0 Å². The fourth-order valence-corrected chi connectivity index (χ4v) is 2.11. The van der Waals surface area contributed by atoms with E-state index in [1.165, 1.54) is 18.4 Å². The zero-order valence-corrected chi connectivity index (χ0v) is 9.23. The molecule has 4 heteroatoms. The van der Waals surface area contributed by atoms with Gasteiger partial charge in [0.05, 0.1) is 19.3 Å². The van der Waals surface area contributed by atoms with E-state index in [4.69, 9.17) is 4.74 Å². The van der Waals surface area contributed by atoms with E-state index in [9.17, 15) is 0 Å². The second kappa shape index (κ2) is 4.59. The van der Waals surface area contributed by atoms with E-state index in [1.807, 2.05) is 13.2 Å². The van der Waals surface area contributed by atoms with Crippen LogP contribution in [0, 0.1) is 0 Å². The average molecular weight is 207 g/mol. The van der Waals surface area contributed by atoms with Gasteiger partial charge in [-0.2, -0.15) is 0 Å². The molecule has 1 fully saturated rings. The minimum absolute atomic E-state index is 0.428. The minimum atomic E-state index is 0.428. The smallest absolute Gasteiger partial charge is 0.137 e. The van der Waals surface area contributed by atoms with Crippen molar-refractivity contribution in [2.45, 2.75) is 18.9 Å². The van der Waals surface area contributed by atoms with Crippen LogP contribution in [0.4, 0.5) is 0 Å². The summed E-state index contributed by atoms with van der Waals surface area (Å²) in [6.45, 7) is 1.10. The summed E-state index contributed by atoms with van der Waals surface area (Å²) < 4.78 is 5.18. The first-order valence-electron chi connectivity index (χ1n) is 5.28. The van der Waals surface area contributed by atoms with Gasteiger partial charge in [-0.1, -0.05) is 0 Å². The molecule has 15 heavy (non-hydrogen) atoms. The van der Waals surface area contributed by atoms with Gasteiger partial charge in [-0.3, -0.25) is 10.4 Å². The molecular weight excluding hydrogens is 190 g/mol. The molecule has 0 spiro atoms. The first-order chi connectivity index (χ1) is 7.35. The molecule has 0 bridgehead atoms. The second-order valence-corrected chi connectivity index (χ2v) is 3.73. The molecule has 1 aliphatic rings. The predicted molar refractivity (Wildman–Crippen MR) is 58.5 cm³/mol. The van der Waals surface area contributed by atoms with Crippen molar-refractivity contribution in [2.24, 2.45) is 0 Å². The molecule has 1 saturated heterocycles. The molecule has 0 aromatic carbocycles. The van der Waals surface area contributed by atoms with Crippen LogP contribution in [0.5, 0.6) is 5.75 Å². The van der Waals surface area contributed by atoms with Crippen molar-refractivity contribution < 1.29 is 4.74 Å². The standard InChI is InChI=1S/C11H17N3O/c1-12-14-5-3-4-11(14)9-6-10(15-2)8-13-7-9/h6-8,11-12H,3-5H2,1-2H3. The highest BCUT2D eigenvalue weighted by Gasteiger charge is 2.25. The van der Waals surface area contributed by atoms with Crippen molar-refractivity contribution in [3.63, 3.8) is 0 Å². The third-order valence-electron chi connectivity index (χ3n) is 2.89. The number of nitrogens with one attached hydrogen (secondary N) is 1. The highest BCUT2D eigenvalue weighted by atomic mass is 16.5. The average Bonchev–Trinajstić information content (AvgIpc) is 2.77. The molecule has 1 N–H and O–H groups in total. The van der Waals surface area contributed by atoms with Gasteiger partial charge < -0.3 is 4.74 Å². The summed E-state index contributed by atoms with van der Waals surface area (Å²) in [5.41, 5.74) is 4.44. The molecule has 0 radical (unpaired) electrons. The number of hydrogen-bond acceptors (Lipinski definition) is 4. The number of ether oxygens (including phenoxy) is 1. The van der Waals surface area contributed by atoms with E-state index in [0.717, 1.165) is 12.3 Å². The number of pyridine rings is 1. The van der Waals surface area contributed by atoms with E-state index in [0.29, 0.717) is 6.04 Å². The summed E-state index contributed by atoms with van der Waals surface area (Å²) in [4.78, 5) is 4.19. The Bertz CT molecular complexity index is 329. The lowest BCUT2D eigenvalue weighted by Crippen LogP contribution is -2.34. The Labute approximate surface area is 90.2 Å². The van der Waals surface area contributed by atoms with Gasteiger partial charge in [0.1, 0.15) is 5.75 Å². The SMILES string of the molecule is CNN1CCCC1c1cncc(OC)c1. The maximum absolute atomic E-state index is 5.18. The lowest BCUT2D eigenvalue weighted by atomic mass is 10.1. The second-order valence-electron chi connectivity index (χ2n) is 3.73. The maximum atomic E-state index is 5.18. The predicted octanol–water partition coefficient (Wildman–Crippen LogP) is 1.36. The topological polar surface area (TPSA) is 37.4 Å². The highest BCUT2D eigenvalue weighted by molar-refractivity contribution is 5.26. The summed E-state index contributed by atoms with van der Waals surface area (Å²) in [5.74, 6) is 0.829.